The molecule has 1 amide bonds. The molecule has 0 aliphatic rings. The molecule has 28 heavy (non-hydrogen) atoms. The number of hydrogen-bond donors (Lipinski definition) is 0. The third-order valence-electron chi connectivity index (χ3n) is 5.24. The second-order valence-electron chi connectivity index (χ2n) is 7.34. The van der Waals surface area contributed by atoms with Gasteiger partial charge in [-0.1, -0.05) is 81.5 Å². The molecule has 0 saturated carbocycles. The summed E-state index contributed by atoms with van der Waals surface area (Å²) < 4.78 is 0. The first-order valence-electron chi connectivity index (χ1n) is 10.4. The predicted molar refractivity (Wildman–Crippen MR) is 119 cm³/mol. The number of fused-ring (bicyclic) bond motifs is 1. The van der Waals surface area contributed by atoms with Crippen LogP contribution in [0.4, 0.5) is 5.69 Å². The van der Waals surface area contributed by atoms with Gasteiger partial charge in [-0.2, -0.15) is 0 Å². The molecule has 0 spiro atoms. The molecule has 0 N–H and O–H groups in total. The zero-order valence-electron chi connectivity index (χ0n) is 17.0. The van der Waals surface area contributed by atoms with Crippen LogP contribution in [0.3, 0.4) is 0 Å². The number of aromatic nitrogens is 1. The second kappa shape index (κ2) is 10.0. The lowest BCUT2D eigenvalue weighted by atomic mass is 9.99. The molecule has 0 atom stereocenters. The first-order chi connectivity index (χ1) is 13.7. The van der Waals surface area contributed by atoms with Gasteiger partial charge in [0, 0.05) is 25.1 Å². The molecule has 0 saturated heterocycles. The van der Waals surface area contributed by atoms with E-state index in [1.807, 2.05) is 35.4 Å². The average Bonchev–Trinajstić information content (AvgIpc) is 2.73. The highest BCUT2D eigenvalue weighted by molar-refractivity contribution is 6.06. The number of anilines is 1. The SMILES string of the molecule is CCCCCCCCN(C(C)=O)c1ccc(-c2ccccc2)c2cccnc12. The van der Waals surface area contributed by atoms with Crippen molar-refractivity contribution < 1.29 is 4.79 Å². The van der Waals surface area contributed by atoms with E-state index in [9.17, 15) is 4.79 Å². The van der Waals surface area contributed by atoms with E-state index in [0.717, 1.165) is 47.1 Å². The Bertz CT molecular complexity index is 905. The lowest BCUT2D eigenvalue weighted by Gasteiger charge is -2.23. The molecule has 3 heteroatoms. The molecular weight excluding hydrogens is 344 g/mol. The molecule has 1 aromatic heterocycles. The van der Waals surface area contributed by atoms with Gasteiger partial charge >= 0.3 is 0 Å². The first kappa shape index (κ1) is 20.1. The highest BCUT2D eigenvalue weighted by atomic mass is 16.2. The number of pyridine rings is 1. The highest BCUT2D eigenvalue weighted by Crippen LogP contribution is 2.34. The van der Waals surface area contributed by atoms with Crippen molar-refractivity contribution in [3.05, 3.63) is 60.8 Å². The normalized spacial score (nSPS) is 10.9. The number of benzene rings is 2. The fraction of sp³-hybridized carbons (Fsp3) is 0.360. The van der Waals surface area contributed by atoms with Gasteiger partial charge in [-0.25, -0.2) is 0 Å². The molecule has 3 rings (SSSR count). The Balaban J connectivity index is 1.88. The maximum absolute atomic E-state index is 12.4. The third kappa shape index (κ3) is 4.78. The van der Waals surface area contributed by atoms with Crippen LogP contribution in [0.5, 0.6) is 0 Å². The van der Waals surface area contributed by atoms with Crippen molar-refractivity contribution >= 4 is 22.5 Å². The predicted octanol–water partition coefficient (Wildman–Crippen LogP) is 6.62. The molecule has 1 heterocycles. The Kier molecular flexibility index (Phi) is 7.18. The van der Waals surface area contributed by atoms with Gasteiger partial charge in [0.05, 0.1) is 11.2 Å². The number of carbonyl (C=O) groups excluding carboxylic acids is 1. The Morgan fingerprint density at radius 1 is 0.893 bits per heavy atom. The Labute approximate surface area is 168 Å². The third-order valence-corrected chi connectivity index (χ3v) is 5.24. The minimum atomic E-state index is 0.0768. The van der Waals surface area contributed by atoms with Crippen molar-refractivity contribution in [1.29, 1.82) is 0 Å². The number of amides is 1. The van der Waals surface area contributed by atoms with Gasteiger partial charge in [0.2, 0.25) is 5.91 Å². The van der Waals surface area contributed by atoms with E-state index in [0.29, 0.717) is 0 Å². The van der Waals surface area contributed by atoms with Crippen LogP contribution in [0.25, 0.3) is 22.0 Å². The summed E-state index contributed by atoms with van der Waals surface area (Å²) in [4.78, 5) is 18.9. The Morgan fingerprint density at radius 3 is 2.39 bits per heavy atom. The summed E-state index contributed by atoms with van der Waals surface area (Å²) in [7, 11) is 0. The molecule has 0 unspecified atom stereocenters. The summed E-state index contributed by atoms with van der Waals surface area (Å²) in [5.74, 6) is 0.0768. The molecule has 3 aromatic rings. The van der Waals surface area contributed by atoms with E-state index in [1.54, 1.807) is 6.92 Å². The number of nitrogens with zero attached hydrogens (tertiary/aromatic N) is 2. The van der Waals surface area contributed by atoms with E-state index in [4.69, 9.17) is 0 Å². The van der Waals surface area contributed by atoms with Crippen molar-refractivity contribution in [1.82, 2.24) is 4.98 Å². The van der Waals surface area contributed by atoms with E-state index < -0.39 is 0 Å². The van der Waals surface area contributed by atoms with Crippen LogP contribution in [-0.2, 0) is 4.79 Å². The molecule has 0 aliphatic heterocycles. The number of unbranched alkanes of at least 4 members (excludes halogenated alkanes) is 5. The lowest BCUT2D eigenvalue weighted by Crippen LogP contribution is -2.29. The topological polar surface area (TPSA) is 33.2 Å². The highest BCUT2D eigenvalue weighted by Gasteiger charge is 2.17. The Morgan fingerprint density at radius 2 is 1.64 bits per heavy atom. The van der Waals surface area contributed by atoms with Gasteiger partial charge in [0.1, 0.15) is 0 Å². The van der Waals surface area contributed by atoms with Crippen LogP contribution in [0.2, 0.25) is 0 Å². The van der Waals surface area contributed by atoms with Crippen molar-refractivity contribution in [3.63, 3.8) is 0 Å². The van der Waals surface area contributed by atoms with Crippen LogP contribution < -0.4 is 4.90 Å². The number of rotatable bonds is 9. The number of hydrogen-bond acceptors (Lipinski definition) is 2. The van der Waals surface area contributed by atoms with E-state index in [2.05, 4.69) is 42.2 Å². The standard InChI is InChI=1S/C25H30N2O/c1-3-4-5-6-7-11-19-27(20(2)28)24-17-16-22(21-13-9-8-10-14-21)23-15-12-18-26-25(23)24/h8-10,12-18H,3-7,11,19H2,1-2H3. The van der Waals surface area contributed by atoms with Crippen LogP contribution in [-0.4, -0.2) is 17.4 Å². The minimum Gasteiger partial charge on any atom is -0.311 e. The van der Waals surface area contributed by atoms with Crippen LogP contribution >= 0.6 is 0 Å². The molecule has 146 valence electrons. The van der Waals surface area contributed by atoms with Crippen LogP contribution in [0, 0.1) is 0 Å². The Hall–Kier alpha value is -2.68. The fourth-order valence-corrected chi connectivity index (χ4v) is 3.74. The zero-order valence-corrected chi connectivity index (χ0v) is 17.0. The minimum absolute atomic E-state index is 0.0768. The van der Waals surface area contributed by atoms with Gasteiger partial charge < -0.3 is 4.90 Å². The van der Waals surface area contributed by atoms with Crippen molar-refractivity contribution in [2.24, 2.45) is 0 Å². The molecule has 0 aliphatic carbocycles. The molecule has 0 fully saturated rings. The average molecular weight is 375 g/mol. The zero-order chi connectivity index (χ0) is 19.8. The number of carbonyl (C=O) groups is 1. The smallest absolute Gasteiger partial charge is 0.223 e. The summed E-state index contributed by atoms with van der Waals surface area (Å²) >= 11 is 0. The fourth-order valence-electron chi connectivity index (χ4n) is 3.74. The summed E-state index contributed by atoms with van der Waals surface area (Å²) in [6, 6.07) is 18.6. The van der Waals surface area contributed by atoms with Gasteiger partial charge in [0.15, 0.2) is 0 Å². The van der Waals surface area contributed by atoms with Gasteiger partial charge in [-0.15, -0.1) is 0 Å². The molecular formula is C25H30N2O. The van der Waals surface area contributed by atoms with Gasteiger partial charge in [0.25, 0.3) is 0 Å². The van der Waals surface area contributed by atoms with Crippen LogP contribution in [0.15, 0.2) is 60.8 Å². The summed E-state index contributed by atoms with van der Waals surface area (Å²) in [5.41, 5.74) is 4.12. The molecule has 2 aromatic carbocycles. The monoisotopic (exact) mass is 374 g/mol. The summed E-state index contributed by atoms with van der Waals surface area (Å²) in [6.07, 6.45) is 9.08. The summed E-state index contributed by atoms with van der Waals surface area (Å²) in [6.45, 7) is 4.63. The van der Waals surface area contributed by atoms with E-state index in [-0.39, 0.29) is 5.91 Å². The maximum Gasteiger partial charge on any atom is 0.223 e. The first-order valence-corrected chi connectivity index (χ1v) is 10.4. The largest absolute Gasteiger partial charge is 0.311 e. The van der Waals surface area contributed by atoms with Gasteiger partial charge in [-0.05, 0) is 29.7 Å². The van der Waals surface area contributed by atoms with Crippen molar-refractivity contribution in [2.75, 3.05) is 11.4 Å². The van der Waals surface area contributed by atoms with Crippen molar-refractivity contribution in [3.8, 4) is 11.1 Å². The lowest BCUT2D eigenvalue weighted by molar-refractivity contribution is -0.116. The maximum atomic E-state index is 12.4. The van der Waals surface area contributed by atoms with Crippen molar-refractivity contribution in [2.45, 2.75) is 52.4 Å². The van der Waals surface area contributed by atoms with E-state index in [1.165, 1.54) is 25.7 Å². The van der Waals surface area contributed by atoms with Gasteiger partial charge in [-0.3, -0.25) is 9.78 Å². The molecule has 3 nitrogen and oxygen atoms in total. The molecule has 0 bridgehead atoms. The molecule has 0 radical (unpaired) electrons. The quantitative estimate of drug-likeness (QED) is 0.395. The van der Waals surface area contributed by atoms with Crippen LogP contribution in [0.1, 0.15) is 52.4 Å². The van der Waals surface area contributed by atoms with E-state index >= 15 is 0 Å². The summed E-state index contributed by atoms with van der Waals surface area (Å²) in [5, 5.41) is 1.08. The second-order valence-corrected chi connectivity index (χ2v) is 7.34.